The number of fused-ring (bicyclic) bond motifs is 1. The van der Waals surface area contributed by atoms with E-state index in [-0.39, 0.29) is 27.6 Å². The molecule has 0 saturated carbocycles. The van der Waals surface area contributed by atoms with Crippen LogP contribution in [0.4, 0.5) is 28.4 Å². The summed E-state index contributed by atoms with van der Waals surface area (Å²) in [7, 11) is -6.25. The van der Waals surface area contributed by atoms with Crippen LogP contribution in [0.1, 0.15) is 120 Å². The Morgan fingerprint density at radius 3 is 1.86 bits per heavy atom. The normalized spacial score (nSPS) is 12.0. The lowest BCUT2D eigenvalue weighted by Gasteiger charge is -2.23. The zero-order chi connectivity index (χ0) is 41.3. The molecule has 14 heteroatoms. The fourth-order valence-electron chi connectivity index (χ4n) is 6.87. The number of phenolic OH excluding ortho intramolecular Hbond substituents is 1. The van der Waals surface area contributed by atoms with E-state index in [2.05, 4.69) is 27.2 Å². The van der Waals surface area contributed by atoms with Gasteiger partial charge in [0.2, 0.25) is 10.0 Å². The number of phenols is 1. The summed E-state index contributed by atoms with van der Waals surface area (Å²) in [5, 5.41) is 23.5. The smallest absolute Gasteiger partial charge is 0.294 e. The summed E-state index contributed by atoms with van der Waals surface area (Å²) in [6, 6.07) is 18.5. The van der Waals surface area contributed by atoms with Gasteiger partial charge in [-0.25, -0.2) is 8.42 Å². The standard InChI is InChI=1S/C43H59N5O7S2/c1-4-5-6-7-8-9-10-11-12-13-14-15-16-17-18-21-29-48(2)41-28-27-35(57(53,54)55)31-40(41)44-43(50)38-32-39(36-25-19-20-26-37(36)42(38)49)46-45-33-23-22-24-34(30-33)47-56(3,51)52/h19-20,22-28,30-32,47,49H,4-18,21,29H2,1-3H3,(H,44,50)(H,53,54,55)/b46-45+. The number of hydrogen-bond acceptors (Lipinski definition) is 9. The van der Waals surface area contributed by atoms with Crippen LogP contribution >= 0.6 is 0 Å². The van der Waals surface area contributed by atoms with Gasteiger partial charge >= 0.3 is 0 Å². The molecule has 0 unspecified atom stereocenters. The third-order valence-corrected chi connectivity index (χ3v) is 11.4. The van der Waals surface area contributed by atoms with E-state index < -0.39 is 26.0 Å². The third kappa shape index (κ3) is 15.1. The Morgan fingerprint density at radius 1 is 0.702 bits per heavy atom. The molecule has 0 fully saturated rings. The van der Waals surface area contributed by atoms with Crippen molar-refractivity contribution in [1.82, 2.24) is 0 Å². The van der Waals surface area contributed by atoms with E-state index in [1.807, 2.05) is 11.9 Å². The molecule has 0 saturated heterocycles. The zero-order valence-electron chi connectivity index (χ0n) is 33.5. The maximum atomic E-state index is 13.9. The van der Waals surface area contributed by atoms with Crippen molar-refractivity contribution >= 4 is 65.3 Å². The van der Waals surface area contributed by atoms with E-state index >= 15 is 0 Å². The fourth-order valence-corrected chi connectivity index (χ4v) is 7.93. The van der Waals surface area contributed by atoms with Crippen molar-refractivity contribution in [2.24, 2.45) is 10.2 Å². The molecule has 0 bridgehead atoms. The van der Waals surface area contributed by atoms with Gasteiger partial charge in [0.05, 0.1) is 45.2 Å². The number of carbonyl (C=O) groups excluding carboxylic acids is 1. The van der Waals surface area contributed by atoms with E-state index in [0.29, 0.717) is 34.4 Å². The van der Waals surface area contributed by atoms with Gasteiger partial charge in [-0.15, -0.1) is 5.11 Å². The van der Waals surface area contributed by atoms with E-state index in [4.69, 9.17) is 0 Å². The first kappa shape index (κ1) is 45.2. The van der Waals surface area contributed by atoms with Crippen molar-refractivity contribution in [1.29, 1.82) is 0 Å². The molecule has 310 valence electrons. The Hall–Kier alpha value is -4.53. The Kier molecular flexibility index (Phi) is 17.8. The number of sulfonamides is 1. The Morgan fingerprint density at radius 2 is 1.28 bits per heavy atom. The molecule has 0 aliphatic rings. The van der Waals surface area contributed by atoms with Gasteiger partial charge in [0, 0.05) is 24.4 Å². The first-order valence-corrected chi connectivity index (χ1v) is 23.5. The average Bonchev–Trinajstić information content (AvgIpc) is 3.16. The Balaban J connectivity index is 1.39. The molecule has 4 rings (SSSR count). The minimum absolute atomic E-state index is 0.139. The number of nitrogens with zero attached hydrogens (tertiary/aromatic N) is 3. The predicted molar refractivity (Wildman–Crippen MR) is 232 cm³/mol. The number of amides is 1. The lowest BCUT2D eigenvalue weighted by Crippen LogP contribution is -2.22. The Bertz CT molecular complexity index is 2180. The predicted octanol–water partition coefficient (Wildman–Crippen LogP) is 11.5. The highest BCUT2D eigenvalue weighted by atomic mass is 32.2. The number of hydrogen-bond donors (Lipinski definition) is 4. The van der Waals surface area contributed by atoms with E-state index in [9.17, 15) is 31.3 Å². The van der Waals surface area contributed by atoms with E-state index in [0.717, 1.165) is 25.5 Å². The SMILES string of the molecule is CCCCCCCCCCCCCCCCCCN(C)c1ccc(S(=O)(=O)O)cc1NC(=O)c1cc(/N=N/c2cccc(NS(C)(=O)=O)c2)c2ccccc2c1O. The highest BCUT2D eigenvalue weighted by molar-refractivity contribution is 7.92. The third-order valence-electron chi connectivity index (χ3n) is 9.93. The summed E-state index contributed by atoms with van der Waals surface area (Å²) in [6.07, 6.45) is 21.3. The lowest BCUT2D eigenvalue weighted by molar-refractivity contribution is 0.102. The van der Waals surface area contributed by atoms with Crippen molar-refractivity contribution in [2.45, 2.75) is 115 Å². The summed E-state index contributed by atoms with van der Waals surface area (Å²) in [5.41, 5.74) is 1.43. The molecule has 4 aromatic rings. The van der Waals surface area contributed by atoms with Crippen LogP contribution in [0.2, 0.25) is 0 Å². The van der Waals surface area contributed by atoms with Gasteiger partial charge in [-0.3, -0.25) is 14.1 Å². The summed E-state index contributed by atoms with van der Waals surface area (Å²) in [6.45, 7) is 2.91. The van der Waals surface area contributed by atoms with Crippen molar-refractivity contribution in [3.63, 3.8) is 0 Å². The zero-order valence-corrected chi connectivity index (χ0v) is 35.2. The van der Waals surface area contributed by atoms with Crippen LogP contribution in [0, 0.1) is 0 Å². The maximum Gasteiger partial charge on any atom is 0.294 e. The molecule has 4 aromatic carbocycles. The van der Waals surface area contributed by atoms with Crippen LogP contribution in [-0.4, -0.2) is 52.3 Å². The number of benzene rings is 4. The maximum absolute atomic E-state index is 13.9. The van der Waals surface area contributed by atoms with Gasteiger partial charge < -0.3 is 15.3 Å². The molecule has 0 spiro atoms. The van der Waals surface area contributed by atoms with Crippen LogP contribution in [0.5, 0.6) is 5.75 Å². The summed E-state index contributed by atoms with van der Waals surface area (Å²) in [4.78, 5) is 15.4. The number of nitrogens with one attached hydrogen (secondary N) is 2. The van der Waals surface area contributed by atoms with Crippen molar-refractivity contribution in [3.8, 4) is 5.75 Å². The van der Waals surface area contributed by atoms with E-state index in [1.54, 1.807) is 42.5 Å². The van der Waals surface area contributed by atoms with Crippen LogP contribution in [0.25, 0.3) is 10.8 Å². The second-order valence-electron chi connectivity index (χ2n) is 14.8. The van der Waals surface area contributed by atoms with Gasteiger partial charge in [0.25, 0.3) is 16.0 Å². The van der Waals surface area contributed by atoms with Crippen molar-refractivity contribution in [2.75, 3.05) is 34.8 Å². The van der Waals surface area contributed by atoms with Gasteiger partial charge in [0.15, 0.2) is 0 Å². The first-order valence-electron chi connectivity index (χ1n) is 20.1. The molecule has 0 radical (unpaired) electrons. The highest BCUT2D eigenvalue weighted by Crippen LogP contribution is 2.38. The van der Waals surface area contributed by atoms with Gasteiger partial charge in [-0.1, -0.05) is 134 Å². The molecule has 0 atom stereocenters. The molecule has 0 aliphatic carbocycles. The number of unbranched alkanes of at least 4 members (excludes halogenated alkanes) is 15. The van der Waals surface area contributed by atoms with Crippen LogP contribution < -0.4 is 14.9 Å². The Labute approximate surface area is 339 Å². The molecular weight excluding hydrogens is 763 g/mol. The minimum atomic E-state index is -4.59. The largest absolute Gasteiger partial charge is 0.506 e. The molecule has 1 amide bonds. The summed E-state index contributed by atoms with van der Waals surface area (Å²) < 4.78 is 59.9. The van der Waals surface area contributed by atoms with Crippen LogP contribution in [0.3, 0.4) is 0 Å². The summed E-state index contributed by atoms with van der Waals surface area (Å²) in [5.74, 6) is -1.05. The highest BCUT2D eigenvalue weighted by Gasteiger charge is 2.21. The molecule has 12 nitrogen and oxygen atoms in total. The number of carbonyl (C=O) groups is 1. The number of rotatable bonds is 25. The molecule has 4 N–H and O–H groups in total. The summed E-state index contributed by atoms with van der Waals surface area (Å²) >= 11 is 0. The lowest BCUT2D eigenvalue weighted by atomic mass is 10.0. The van der Waals surface area contributed by atoms with Crippen LogP contribution in [0.15, 0.2) is 87.9 Å². The van der Waals surface area contributed by atoms with Crippen molar-refractivity contribution < 1.29 is 31.3 Å². The average molecular weight is 822 g/mol. The van der Waals surface area contributed by atoms with Gasteiger partial charge in [0.1, 0.15) is 5.75 Å². The first-order chi connectivity index (χ1) is 27.3. The fraction of sp³-hybridized carbons (Fsp3) is 0.465. The topological polar surface area (TPSA) is 178 Å². The molecule has 0 aliphatic heterocycles. The second-order valence-corrected chi connectivity index (χ2v) is 18.0. The molecule has 57 heavy (non-hydrogen) atoms. The molecule has 0 heterocycles. The number of azo groups is 1. The second kappa shape index (κ2) is 22.4. The number of anilines is 3. The van der Waals surface area contributed by atoms with Gasteiger partial charge in [-0.05, 0) is 48.9 Å². The van der Waals surface area contributed by atoms with Crippen molar-refractivity contribution in [3.05, 3.63) is 78.4 Å². The monoisotopic (exact) mass is 821 g/mol. The van der Waals surface area contributed by atoms with Crippen LogP contribution in [-0.2, 0) is 20.1 Å². The molecular formula is C43H59N5O7S2. The quantitative estimate of drug-likeness (QED) is 0.0290. The van der Waals surface area contributed by atoms with E-state index in [1.165, 1.54) is 114 Å². The minimum Gasteiger partial charge on any atom is -0.506 e. The van der Waals surface area contributed by atoms with Gasteiger partial charge in [-0.2, -0.15) is 13.5 Å². The molecule has 0 aromatic heterocycles. The number of aromatic hydroxyl groups is 1.